The highest BCUT2D eigenvalue weighted by Crippen LogP contribution is 2.41. The number of fused-ring (bicyclic) bond motifs is 9. The Labute approximate surface area is 259 Å². The smallest absolute Gasteiger partial charge is 0.194 e. The monoisotopic (exact) mass is 578 g/mol. The number of hydrogen-bond donors (Lipinski definition) is 0. The number of carbonyl (C=O) groups is 1. The third-order valence-electron chi connectivity index (χ3n) is 9.07. The van der Waals surface area contributed by atoms with E-state index in [-0.39, 0.29) is 5.78 Å². The number of carbonyl (C=O) groups excluding carboxylic acids is 1. The summed E-state index contributed by atoms with van der Waals surface area (Å²) in [6.45, 7) is 0. The van der Waals surface area contributed by atoms with Crippen LogP contribution in [0.3, 0.4) is 0 Å². The molecule has 0 amide bonds. The van der Waals surface area contributed by atoms with Crippen LogP contribution in [-0.4, -0.2) is 22.4 Å². The van der Waals surface area contributed by atoms with Gasteiger partial charge in [0.15, 0.2) is 5.78 Å². The first-order valence-electron chi connectivity index (χ1n) is 15.0. The zero-order valence-corrected chi connectivity index (χ0v) is 24.5. The Balaban J connectivity index is 1.23. The summed E-state index contributed by atoms with van der Waals surface area (Å²) in [4.78, 5) is 18.5. The van der Waals surface area contributed by atoms with E-state index in [9.17, 15) is 4.79 Å². The lowest BCUT2D eigenvalue weighted by Gasteiger charge is -2.13. The maximum Gasteiger partial charge on any atom is 0.194 e. The fraction of sp³-hybridized carbons (Fsp3) is 0.0244. The molecule has 0 radical (unpaired) electrons. The summed E-state index contributed by atoms with van der Waals surface area (Å²) < 4.78 is 7.75. The fourth-order valence-electron chi connectivity index (χ4n) is 6.90. The van der Waals surface area contributed by atoms with Gasteiger partial charge in [-0.15, -0.1) is 0 Å². The summed E-state index contributed by atoms with van der Waals surface area (Å²) in [6.07, 6.45) is 0. The molecule has 0 saturated carbocycles. The summed E-state index contributed by atoms with van der Waals surface area (Å²) in [5, 5.41) is 4.67. The molecule has 45 heavy (non-hydrogen) atoms. The summed E-state index contributed by atoms with van der Waals surface area (Å²) in [5.41, 5.74) is 9.67. The summed E-state index contributed by atoms with van der Waals surface area (Å²) in [5.74, 6) is 1.76. The molecule has 0 N–H and O–H groups in total. The Morgan fingerprint density at radius 2 is 1.11 bits per heavy atom. The third kappa shape index (κ3) is 3.79. The van der Waals surface area contributed by atoms with E-state index < -0.39 is 0 Å². The van der Waals surface area contributed by atoms with Gasteiger partial charge in [-0.25, -0.2) is 4.98 Å². The van der Waals surface area contributed by atoms with E-state index >= 15 is 0 Å². The molecule has 0 saturated heterocycles. The molecule has 1 aliphatic rings. The van der Waals surface area contributed by atoms with Crippen LogP contribution in [0.4, 0.5) is 0 Å². The fourth-order valence-corrected chi connectivity index (χ4v) is 6.90. The molecule has 4 nitrogen and oxygen atoms in total. The Morgan fingerprint density at radius 3 is 1.84 bits per heavy atom. The topological polar surface area (TPSA) is 44.1 Å². The van der Waals surface area contributed by atoms with Gasteiger partial charge in [-0.2, -0.15) is 0 Å². The van der Waals surface area contributed by atoms with Gasteiger partial charge in [-0.3, -0.25) is 9.36 Å². The number of nitrogens with zero attached hydrogens (tertiary/aromatic N) is 2. The van der Waals surface area contributed by atoms with E-state index in [2.05, 4.69) is 102 Å². The number of imidazole rings is 1. The normalized spacial score (nSPS) is 12.2. The molecule has 1 aliphatic carbocycles. The van der Waals surface area contributed by atoms with Crippen LogP contribution in [0.5, 0.6) is 5.75 Å². The van der Waals surface area contributed by atoms with Gasteiger partial charge < -0.3 is 4.74 Å². The first-order valence-corrected chi connectivity index (χ1v) is 15.0. The lowest BCUT2D eigenvalue weighted by molar-refractivity contribution is 0.104. The van der Waals surface area contributed by atoms with Crippen LogP contribution in [0.2, 0.25) is 0 Å². The first kappa shape index (κ1) is 25.5. The average molecular weight is 579 g/mol. The zero-order chi connectivity index (χ0) is 30.1. The van der Waals surface area contributed by atoms with Crippen molar-refractivity contribution in [2.24, 2.45) is 0 Å². The largest absolute Gasteiger partial charge is 0.497 e. The molecule has 0 bridgehead atoms. The average Bonchev–Trinajstić information content (AvgIpc) is 3.65. The van der Waals surface area contributed by atoms with Gasteiger partial charge >= 0.3 is 0 Å². The van der Waals surface area contributed by atoms with Crippen molar-refractivity contribution in [2.75, 3.05) is 7.11 Å². The van der Waals surface area contributed by atoms with Gasteiger partial charge in [0.2, 0.25) is 0 Å². The van der Waals surface area contributed by atoms with E-state index in [1.165, 1.54) is 10.8 Å². The molecule has 9 rings (SSSR count). The van der Waals surface area contributed by atoms with E-state index in [4.69, 9.17) is 9.72 Å². The molecule has 0 aliphatic heterocycles. The Kier molecular flexibility index (Phi) is 5.53. The maximum atomic E-state index is 13.2. The third-order valence-corrected chi connectivity index (χ3v) is 9.07. The number of ketones is 1. The number of aromatic nitrogens is 2. The maximum absolute atomic E-state index is 13.2. The Morgan fingerprint density at radius 1 is 0.533 bits per heavy atom. The van der Waals surface area contributed by atoms with Crippen LogP contribution in [-0.2, 0) is 0 Å². The molecule has 8 aromatic rings. The minimum Gasteiger partial charge on any atom is -0.497 e. The SMILES string of the molecule is COc1ccc(-n2c(-c3ccc(-c4ccc5c(c4)C(=O)c4ccccc4-5)cc3)nc3c4ccccc4c4ccccc4c32)cc1. The van der Waals surface area contributed by atoms with Crippen molar-refractivity contribution in [2.45, 2.75) is 0 Å². The zero-order valence-electron chi connectivity index (χ0n) is 24.5. The van der Waals surface area contributed by atoms with Gasteiger partial charge in [0.25, 0.3) is 0 Å². The minimum atomic E-state index is 0.0896. The van der Waals surface area contributed by atoms with E-state index in [0.717, 1.165) is 78.0 Å². The van der Waals surface area contributed by atoms with Crippen molar-refractivity contribution in [1.82, 2.24) is 9.55 Å². The molecule has 7 aromatic carbocycles. The second-order valence-corrected chi connectivity index (χ2v) is 11.5. The van der Waals surface area contributed by atoms with Crippen molar-refractivity contribution in [3.8, 4) is 45.1 Å². The molecule has 0 unspecified atom stereocenters. The van der Waals surface area contributed by atoms with Gasteiger partial charge in [0, 0.05) is 33.2 Å². The molecule has 212 valence electrons. The first-order chi connectivity index (χ1) is 22.2. The van der Waals surface area contributed by atoms with Gasteiger partial charge in [0.05, 0.1) is 18.1 Å². The van der Waals surface area contributed by atoms with Crippen LogP contribution in [0, 0.1) is 0 Å². The molecular weight excluding hydrogens is 552 g/mol. The minimum absolute atomic E-state index is 0.0896. The van der Waals surface area contributed by atoms with Crippen molar-refractivity contribution in [3.05, 3.63) is 151 Å². The van der Waals surface area contributed by atoms with E-state index in [1.807, 2.05) is 42.5 Å². The summed E-state index contributed by atoms with van der Waals surface area (Å²) >= 11 is 0. The van der Waals surface area contributed by atoms with Crippen LogP contribution in [0.25, 0.3) is 71.9 Å². The molecule has 0 spiro atoms. The predicted octanol–water partition coefficient (Wildman–Crippen LogP) is 9.89. The Hall–Kier alpha value is -6.00. The summed E-state index contributed by atoms with van der Waals surface area (Å²) in [7, 11) is 1.68. The van der Waals surface area contributed by atoms with Gasteiger partial charge in [-0.05, 0) is 63.4 Å². The van der Waals surface area contributed by atoms with E-state index in [0.29, 0.717) is 0 Å². The lowest BCUT2D eigenvalue weighted by Crippen LogP contribution is -1.98. The van der Waals surface area contributed by atoms with Gasteiger partial charge in [0.1, 0.15) is 11.6 Å². The molecule has 1 aromatic heterocycles. The number of hydrogen-bond acceptors (Lipinski definition) is 3. The number of methoxy groups -OCH3 is 1. The van der Waals surface area contributed by atoms with Gasteiger partial charge in [-0.1, -0.05) is 109 Å². The van der Waals surface area contributed by atoms with Crippen molar-refractivity contribution in [1.29, 1.82) is 0 Å². The highest BCUT2D eigenvalue weighted by atomic mass is 16.5. The number of benzene rings is 7. The molecule has 0 atom stereocenters. The predicted molar refractivity (Wildman–Crippen MR) is 182 cm³/mol. The van der Waals surface area contributed by atoms with E-state index in [1.54, 1.807) is 7.11 Å². The number of rotatable bonds is 4. The second-order valence-electron chi connectivity index (χ2n) is 11.5. The molecular formula is C41H26N2O2. The second kappa shape index (κ2) is 9.76. The molecule has 4 heteroatoms. The highest BCUT2D eigenvalue weighted by molar-refractivity contribution is 6.24. The Bertz CT molecular complexity index is 2470. The van der Waals surface area contributed by atoms with Crippen molar-refractivity contribution < 1.29 is 9.53 Å². The van der Waals surface area contributed by atoms with Crippen LogP contribution in [0.15, 0.2) is 140 Å². The lowest BCUT2D eigenvalue weighted by atomic mass is 9.98. The molecule has 0 fully saturated rings. The van der Waals surface area contributed by atoms with Crippen LogP contribution in [0.1, 0.15) is 15.9 Å². The standard InChI is InChI=1S/C41H26N2O2/c1-45-29-21-19-28(20-22-29)43-39-35-12-6-3-9-31(35)30-8-2-5-11-34(30)38(39)42-41(43)26-16-14-25(15-17-26)27-18-23-33-32-10-4-7-13-36(32)40(44)37(33)24-27/h2-24H,1H3. The van der Waals surface area contributed by atoms with Crippen LogP contribution >= 0.6 is 0 Å². The van der Waals surface area contributed by atoms with Crippen molar-refractivity contribution in [3.63, 3.8) is 0 Å². The van der Waals surface area contributed by atoms with Crippen LogP contribution < -0.4 is 4.74 Å². The highest BCUT2D eigenvalue weighted by Gasteiger charge is 2.26. The summed E-state index contributed by atoms with van der Waals surface area (Å²) in [6, 6.07) is 47.8. The number of ether oxygens (including phenoxy) is 1. The van der Waals surface area contributed by atoms with Crippen molar-refractivity contribution >= 4 is 38.4 Å². The quantitative estimate of drug-likeness (QED) is 0.195. The molecule has 1 heterocycles.